The first-order chi connectivity index (χ1) is 9.84. The van der Waals surface area contributed by atoms with E-state index in [2.05, 4.69) is 15.1 Å². The summed E-state index contributed by atoms with van der Waals surface area (Å²) in [6, 6.07) is 0.134. The molecule has 2 atom stereocenters. The number of hydrogen-bond donors (Lipinski definition) is 1. The van der Waals surface area contributed by atoms with Crippen LogP contribution in [0.25, 0.3) is 0 Å². The van der Waals surface area contributed by atoms with Crippen LogP contribution in [-0.4, -0.2) is 74.2 Å². The Kier molecular flexibility index (Phi) is 4.91. The smallest absolute Gasteiger partial charge is 0.240 e. The number of nitrogens with one attached hydrogen (secondary N) is 1. The fourth-order valence-corrected chi connectivity index (χ4v) is 3.70. The van der Waals surface area contributed by atoms with Crippen LogP contribution in [0, 0.1) is 5.92 Å². The SMILES string of the molecule is O=C(C1CCCN1CC1CCCOC1)N1CCNCC1. The summed E-state index contributed by atoms with van der Waals surface area (Å²) in [7, 11) is 0. The molecule has 0 aromatic carbocycles. The molecule has 5 nitrogen and oxygen atoms in total. The summed E-state index contributed by atoms with van der Waals surface area (Å²) >= 11 is 0. The Morgan fingerprint density at radius 2 is 2.00 bits per heavy atom. The van der Waals surface area contributed by atoms with E-state index in [4.69, 9.17) is 4.74 Å². The summed E-state index contributed by atoms with van der Waals surface area (Å²) in [5, 5.41) is 3.31. The molecular weight excluding hydrogens is 254 g/mol. The molecule has 0 spiro atoms. The monoisotopic (exact) mass is 281 g/mol. The van der Waals surface area contributed by atoms with E-state index in [0.29, 0.717) is 11.8 Å². The van der Waals surface area contributed by atoms with Crippen LogP contribution in [0.5, 0.6) is 0 Å². The lowest BCUT2D eigenvalue weighted by molar-refractivity contribution is -0.137. The van der Waals surface area contributed by atoms with E-state index >= 15 is 0 Å². The van der Waals surface area contributed by atoms with Crippen LogP contribution in [0.15, 0.2) is 0 Å². The first-order valence-corrected chi connectivity index (χ1v) is 8.16. The quantitative estimate of drug-likeness (QED) is 0.809. The van der Waals surface area contributed by atoms with Gasteiger partial charge in [-0.3, -0.25) is 9.69 Å². The van der Waals surface area contributed by atoms with Gasteiger partial charge in [-0.05, 0) is 38.1 Å². The Balaban J connectivity index is 1.55. The maximum absolute atomic E-state index is 12.7. The highest BCUT2D eigenvalue weighted by Crippen LogP contribution is 2.23. The van der Waals surface area contributed by atoms with Crippen molar-refractivity contribution in [3.8, 4) is 0 Å². The molecule has 1 amide bonds. The van der Waals surface area contributed by atoms with Gasteiger partial charge in [0.25, 0.3) is 0 Å². The highest BCUT2D eigenvalue weighted by Gasteiger charge is 2.35. The standard InChI is InChI=1S/C15H27N3O2/c19-15(17-8-5-16-6-9-17)14-4-1-7-18(14)11-13-3-2-10-20-12-13/h13-14,16H,1-12H2. The van der Waals surface area contributed by atoms with E-state index in [1.807, 2.05) is 0 Å². The molecular formula is C15H27N3O2. The maximum atomic E-state index is 12.7. The summed E-state index contributed by atoms with van der Waals surface area (Å²) in [6.45, 7) is 7.54. The second kappa shape index (κ2) is 6.87. The van der Waals surface area contributed by atoms with Crippen LogP contribution in [0.2, 0.25) is 0 Å². The largest absolute Gasteiger partial charge is 0.381 e. The molecule has 3 aliphatic heterocycles. The van der Waals surface area contributed by atoms with Crippen LogP contribution >= 0.6 is 0 Å². The minimum Gasteiger partial charge on any atom is -0.381 e. The molecule has 114 valence electrons. The van der Waals surface area contributed by atoms with Crippen molar-refractivity contribution in [2.75, 3.05) is 52.5 Å². The fourth-order valence-electron chi connectivity index (χ4n) is 3.70. The number of nitrogens with zero attached hydrogens (tertiary/aromatic N) is 2. The molecule has 3 fully saturated rings. The second-order valence-corrected chi connectivity index (χ2v) is 6.31. The molecule has 0 saturated carbocycles. The van der Waals surface area contributed by atoms with Gasteiger partial charge in [-0.25, -0.2) is 0 Å². The van der Waals surface area contributed by atoms with Crippen molar-refractivity contribution in [1.29, 1.82) is 0 Å². The van der Waals surface area contributed by atoms with E-state index in [1.54, 1.807) is 0 Å². The number of hydrogen-bond acceptors (Lipinski definition) is 4. The normalized spacial score (nSPS) is 32.5. The summed E-state index contributed by atoms with van der Waals surface area (Å²) in [5.41, 5.74) is 0. The molecule has 3 heterocycles. The van der Waals surface area contributed by atoms with E-state index < -0.39 is 0 Å². The highest BCUT2D eigenvalue weighted by molar-refractivity contribution is 5.82. The molecule has 3 rings (SSSR count). The maximum Gasteiger partial charge on any atom is 0.240 e. The minimum absolute atomic E-state index is 0.134. The van der Waals surface area contributed by atoms with Crippen molar-refractivity contribution in [1.82, 2.24) is 15.1 Å². The fraction of sp³-hybridized carbons (Fsp3) is 0.933. The zero-order valence-corrected chi connectivity index (χ0v) is 12.4. The topological polar surface area (TPSA) is 44.8 Å². The van der Waals surface area contributed by atoms with Crippen molar-refractivity contribution in [3.63, 3.8) is 0 Å². The molecule has 0 aromatic rings. The summed E-state index contributed by atoms with van der Waals surface area (Å²) in [6.07, 6.45) is 4.63. The van der Waals surface area contributed by atoms with Crippen LogP contribution in [0.1, 0.15) is 25.7 Å². The third-order valence-electron chi connectivity index (χ3n) is 4.82. The van der Waals surface area contributed by atoms with Crippen molar-refractivity contribution in [3.05, 3.63) is 0 Å². The molecule has 0 radical (unpaired) electrons. The molecule has 1 N–H and O–H groups in total. The first-order valence-electron chi connectivity index (χ1n) is 8.16. The Labute approximate surface area is 121 Å². The van der Waals surface area contributed by atoms with Gasteiger partial charge in [-0.15, -0.1) is 0 Å². The summed E-state index contributed by atoms with van der Waals surface area (Å²) in [4.78, 5) is 17.2. The predicted molar refractivity (Wildman–Crippen MR) is 77.6 cm³/mol. The van der Waals surface area contributed by atoms with Crippen molar-refractivity contribution < 1.29 is 9.53 Å². The lowest BCUT2D eigenvalue weighted by Gasteiger charge is -2.34. The Morgan fingerprint density at radius 1 is 1.15 bits per heavy atom. The zero-order valence-electron chi connectivity index (χ0n) is 12.4. The number of piperazine rings is 1. The van der Waals surface area contributed by atoms with E-state index in [9.17, 15) is 4.79 Å². The molecule has 3 saturated heterocycles. The molecule has 0 aromatic heterocycles. The van der Waals surface area contributed by atoms with E-state index in [1.165, 1.54) is 12.8 Å². The number of carbonyl (C=O) groups excluding carboxylic acids is 1. The Morgan fingerprint density at radius 3 is 2.75 bits per heavy atom. The molecule has 0 bridgehead atoms. The van der Waals surface area contributed by atoms with Gasteiger partial charge >= 0.3 is 0 Å². The van der Waals surface area contributed by atoms with E-state index in [0.717, 1.165) is 65.3 Å². The summed E-state index contributed by atoms with van der Waals surface area (Å²) < 4.78 is 5.57. The minimum atomic E-state index is 0.134. The number of amides is 1. The predicted octanol–water partition coefficient (Wildman–Crippen LogP) is 0.309. The van der Waals surface area contributed by atoms with Gasteiger partial charge in [0.1, 0.15) is 0 Å². The van der Waals surface area contributed by atoms with Crippen LogP contribution < -0.4 is 5.32 Å². The number of rotatable bonds is 3. The van der Waals surface area contributed by atoms with Gasteiger partial charge in [-0.1, -0.05) is 0 Å². The molecule has 20 heavy (non-hydrogen) atoms. The van der Waals surface area contributed by atoms with Gasteiger partial charge < -0.3 is 15.0 Å². The number of ether oxygens (including phenoxy) is 1. The van der Waals surface area contributed by atoms with Gasteiger partial charge in [0, 0.05) is 39.3 Å². The Hall–Kier alpha value is -0.650. The number of likely N-dealkylation sites (tertiary alicyclic amines) is 1. The van der Waals surface area contributed by atoms with Crippen molar-refractivity contribution in [2.45, 2.75) is 31.7 Å². The highest BCUT2D eigenvalue weighted by atomic mass is 16.5. The first kappa shape index (κ1) is 14.3. The van der Waals surface area contributed by atoms with Crippen molar-refractivity contribution in [2.24, 2.45) is 5.92 Å². The van der Waals surface area contributed by atoms with Gasteiger partial charge in [0.05, 0.1) is 12.6 Å². The van der Waals surface area contributed by atoms with Crippen LogP contribution in [0.4, 0.5) is 0 Å². The second-order valence-electron chi connectivity index (χ2n) is 6.31. The molecule has 2 unspecified atom stereocenters. The van der Waals surface area contributed by atoms with Gasteiger partial charge in [0.2, 0.25) is 5.91 Å². The third kappa shape index (κ3) is 3.32. The molecule has 0 aliphatic carbocycles. The van der Waals surface area contributed by atoms with Gasteiger partial charge in [0.15, 0.2) is 0 Å². The van der Waals surface area contributed by atoms with Crippen molar-refractivity contribution >= 4 is 5.91 Å². The Bertz CT molecular complexity index is 325. The third-order valence-corrected chi connectivity index (χ3v) is 4.82. The number of carbonyl (C=O) groups is 1. The molecule has 3 aliphatic rings. The molecule has 5 heteroatoms. The average Bonchev–Trinajstić information content (AvgIpc) is 2.96. The summed E-state index contributed by atoms with van der Waals surface area (Å²) in [5.74, 6) is 0.987. The van der Waals surface area contributed by atoms with Crippen LogP contribution in [0.3, 0.4) is 0 Å². The lowest BCUT2D eigenvalue weighted by atomic mass is 10.0. The average molecular weight is 281 g/mol. The zero-order chi connectivity index (χ0) is 13.8. The van der Waals surface area contributed by atoms with E-state index in [-0.39, 0.29) is 6.04 Å². The van der Waals surface area contributed by atoms with Gasteiger partial charge in [-0.2, -0.15) is 0 Å². The van der Waals surface area contributed by atoms with Crippen LogP contribution in [-0.2, 0) is 9.53 Å². The lowest BCUT2D eigenvalue weighted by Crippen LogP contribution is -2.53.